The first-order valence-corrected chi connectivity index (χ1v) is 7.25. The molecule has 0 heterocycles. The van der Waals surface area contributed by atoms with E-state index in [4.69, 9.17) is 4.74 Å². The molecule has 0 radical (unpaired) electrons. The van der Waals surface area contributed by atoms with Crippen molar-refractivity contribution in [1.82, 2.24) is 5.32 Å². The number of carbonyl (C=O) groups excluding carboxylic acids is 1. The predicted molar refractivity (Wildman–Crippen MR) is 81.5 cm³/mol. The molecule has 0 aliphatic carbocycles. The molecule has 0 saturated heterocycles. The summed E-state index contributed by atoms with van der Waals surface area (Å²) < 4.78 is 57.1. The quantitative estimate of drug-likeness (QED) is 0.782. The van der Waals surface area contributed by atoms with Gasteiger partial charge < -0.3 is 15.2 Å². The van der Waals surface area contributed by atoms with Crippen LogP contribution in [0.1, 0.15) is 22.7 Å². The van der Waals surface area contributed by atoms with Crippen molar-refractivity contribution in [1.29, 1.82) is 0 Å². The second-order valence-corrected chi connectivity index (χ2v) is 5.21. The molecule has 0 fully saturated rings. The third-order valence-corrected chi connectivity index (χ3v) is 3.35. The van der Waals surface area contributed by atoms with E-state index in [2.05, 4.69) is 0 Å². The summed E-state index contributed by atoms with van der Waals surface area (Å²) >= 11 is 0. The molecule has 2 N–H and O–H groups in total. The number of hydrogen-bond donors (Lipinski definition) is 2. The topological polar surface area (TPSA) is 75.6 Å². The average Bonchev–Trinajstić information content (AvgIpc) is 2.58. The van der Waals surface area contributed by atoms with Gasteiger partial charge >= 0.3 is 18.2 Å². The SMILES string of the molecule is O=C(NC(C(=O)O)c1ccc(F)cc1C(F)(F)F)OCc1ccccc1. The maximum atomic E-state index is 13.2. The van der Waals surface area contributed by atoms with Crippen LogP contribution in [0.4, 0.5) is 22.4 Å². The zero-order chi connectivity index (χ0) is 19.3. The minimum atomic E-state index is -5.00. The minimum Gasteiger partial charge on any atom is -0.479 e. The molecule has 1 amide bonds. The van der Waals surface area contributed by atoms with Gasteiger partial charge in [0.15, 0.2) is 6.04 Å². The van der Waals surface area contributed by atoms with Gasteiger partial charge in [-0.2, -0.15) is 13.2 Å². The van der Waals surface area contributed by atoms with Gasteiger partial charge in [0, 0.05) is 0 Å². The zero-order valence-electron chi connectivity index (χ0n) is 13.1. The van der Waals surface area contributed by atoms with Crippen LogP contribution in [0.5, 0.6) is 0 Å². The van der Waals surface area contributed by atoms with Crippen LogP contribution in [0.3, 0.4) is 0 Å². The number of ether oxygens (including phenoxy) is 1. The van der Waals surface area contributed by atoms with E-state index < -0.39 is 41.2 Å². The lowest BCUT2D eigenvalue weighted by Crippen LogP contribution is -2.35. The van der Waals surface area contributed by atoms with Gasteiger partial charge in [0.25, 0.3) is 0 Å². The molecule has 138 valence electrons. The monoisotopic (exact) mass is 371 g/mol. The Labute approximate surface area is 145 Å². The average molecular weight is 371 g/mol. The molecule has 1 unspecified atom stereocenters. The number of aliphatic carboxylic acids is 1. The zero-order valence-corrected chi connectivity index (χ0v) is 13.1. The van der Waals surface area contributed by atoms with Crippen molar-refractivity contribution >= 4 is 12.1 Å². The molecule has 2 aromatic carbocycles. The Kier molecular flexibility index (Phi) is 5.81. The molecule has 0 aromatic heterocycles. The highest BCUT2D eigenvalue weighted by Crippen LogP contribution is 2.35. The highest BCUT2D eigenvalue weighted by atomic mass is 19.4. The number of alkyl carbamates (subject to hydrolysis) is 1. The van der Waals surface area contributed by atoms with Crippen LogP contribution < -0.4 is 5.32 Å². The van der Waals surface area contributed by atoms with E-state index in [1.165, 1.54) is 0 Å². The molecule has 2 rings (SSSR count). The molecule has 9 heteroatoms. The van der Waals surface area contributed by atoms with Crippen molar-refractivity contribution in [2.45, 2.75) is 18.8 Å². The van der Waals surface area contributed by atoms with Crippen LogP contribution in [-0.4, -0.2) is 17.2 Å². The normalized spacial score (nSPS) is 12.3. The largest absolute Gasteiger partial charge is 0.479 e. The lowest BCUT2D eigenvalue weighted by Gasteiger charge is -2.19. The third kappa shape index (κ3) is 4.95. The maximum Gasteiger partial charge on any atom is 0.416 e. The van der Waals surface area contributed by atoms with Crippen LogP contribution in [0.2, 0.25) is 0 Å². The highest BCUT2D eigenvalue weighted by molar-refractivity contribution is 5.81. The summed E-state index contributed by atoms with van der Waals surface area (Å²) in [5, 5.41) is 11.0. The summed E-state index contributed by atoms with van der Waals surface area (Å²) in [5.41, 5.74) is -1.69. The second-order valence-electron chi connectivity index (χ2n) is 5.21. The van der Waals surface area contributed by atoms with E-state index in [9.17, 15) is 32.3 Å². The molecular weight excluding hydrogens is 358 g/mol. The van der Waals surface area contributed by atoms with Crippen molar-refractivity contribution in [3.05, 3.63) is 71.0 Å². The first kappa shape index (κ1) is 19.2. The van der Waals surface area contributed by atoms with Crippen LogP contribution >= 0.6 is 0 Å². The van der Waals surface area contributed by atoms with E-state index in [0.29, 0.717) is 17.7 Å². The maximum absolute atomic E-state index is 13.2. The Balaban J connectivity index is 2.19. The summed E-state index contributed by atoms with van der Waals surface area (Å²) in [4.78, 5) is 23.1. The highest BCUT2D eigenvalue weighted by Gasteiger charge is 2.38. The Morgan fingerprint density at radius 2 is 1.77 bits per heavy atom. The first-order valence-electron chi connectivity index (χ1n) is 7.25. The van der Waals surface area contributed by atoms with Crippen molar-refractivity contribution in [2.24, 2.45) is 0 Å². The van der Waals surface area contributed by atoms with Gasteiger partial charge in [-0.3, -0.25) is 0 Å². The number of alkyl halides is 3. The van der Waals surface area contributed by atoms with Crippen LogP contribution in [0.15, 0.2) is 48.5 Å². The number of benzene rings is 2. The van der Waals surface area contributed by atoms with Crippen LogP contribution in [0, 0.1) is 5.82 Å². The van der Waals surface area contributed by atoms with Gasteiger partial charge in [0.05, 0.1) is 5.56 Å². The Bertz CT molecular complexity index is 793. The number of carbonyl (C=O) groups is 2. The molecule has 0 spiro atoms. The number of nitrogens with one attached hydrogen (secondary N) is 1. The van der Waals surface area contributed by atoms with E-state index in [0.717, 1.165) is 0 Å². The molecule has 0 aliphatic rings. The van der Waals surface area contributed by atoms with Crippen LogP contribution in [0.25, 0.3) is 0 Å². The fourth-order valence-corrected chi connectivity index (χ4v) is 2.18. The fourth-order valence-electron chi connectivity index (χ4n) is 2.18. The van der Waals surface area contributed by atoms with Crippen molar-refractivity contribution in [2.75, 3.05) is 0 Å². The number of rotatable bonds is 5. The van der Waals surface area contributed by atoms with Crippen molar-refractivity contribution in [3.63, 3.8) is 0 Å². The third-order valence-electron chi connectivity index (χ3n) is 3.35. The minimum absolute atomic E-state index is 0.169. The lowest BCUT2D eigenvalue weighted by atomic mass is 9.99. The van der Waals surface area contributed by atoms with Crippen LogP contribution in [-0.2, 0) is 22.3 Å². The Hall–Kier alpha value is -3.10. The summed E-state index contributed by atoms with van der Waals surface area (Å²) in [6.45, 7) is -0.200. The Morgan fingerprint density at radius 1 is 1.12 bits per heavy atom. The smallest absolute Gasteiger partial charge is 0.416 e. The van der Waals surface area contributed by atoms with E-state index in [-0.39, 0.29) is 12.7 Å². The number of hydrogen-bond acceptors (Lipinski definition) is 3. The molecule has 2 aromatic rings. The molecule has 1 atom stereocenters. The molecule has 0 aliphatic heterocycles. The molecule has 0 saturated carbocycles. The predicted octanol–water partition coefficient (Wildman–Crippen LogP) is 3.90. The molecular formula is C17H13F4NO4. The molecule has 5 nitrogen and oxygen atoms in total. The fraction of sp³-hybridized carbons (Fsp3) is 0.176. The summed E-state index contributed by atoms with van der Waals surface area (Å²) in [6.07, 6.45) is -6.22. The van der Waals surface area contributed by atoms with Gasteiger partial charge in [-0.15, -0.1) is 0 Å². The summed E-state index contributed by atoms with van der Waals surface area (Å²) in [7, 11) is 0. The number of carboxylic acid groups (broad SMARTS) is 1. The number of carboxylic acids is 1. The standard InChI is InChI=1S/C17H13F4NO4/c18-11-6-7-12(13(8-11)17(19,20)21)14(15(23)24)22-16(25)26-9-10-4-2-1-3-5-10/h1-8,14H,9H2,(H,22,25)(H,23,24). The summed E-state index contributed by atoms with van der Waals surface area (Å²) in [5.74, 6) is -2.93. The lowest BCUT2D eigenvalue weighted by molar-refractivity contribution is -0.142. The number of amides is 1. The summed E-state index contributed by atoms with van der Waals surface area (Å²) in [6, 6.07) is 7.84. The van der Waals surface area contributed by atoms with Crippen molar-refractivity contribution in [3.8, 4) is 0 Å². The Morgan fingerprint density at radius 3 is 2.35 bits per heavy atom. The van der Waals surface area contributed by atoms with E-state index in [1.807, 2.05) is 5.32 Å². The molecule has 0 bridgehead atoms. The first-order chi connectivity index (χ1) is 12.2. The van der Waals surface area contributed by atoms with Gasteiger partial charge in [-0.05, 0) is 23.3 Å². The van der Waals surface area contributed by atoms with Crippen molar-refractivity contribution < 1.29 is 37.0 Å². The van der Waals surface area contributed by atoms with E-state index >= 15 is 0 Å². The molecule has 26 heavy (non-hydrogen) atoms. The van der Waals surface area contributed by atoms with Gasteiger partial charge in [-0.1, -0.05) is 36.4 Å². The van der Waals surface area contributed by atoms with Gasteiger partial charge in [0.2, 0.25) is 0 Å². The number of halogens is 4. The van der Waals surface area contributed by atoms with E-state index in [1.54, 1.807) is 30.3 Å². The van der Waals surface area contributed by atoms with Gasteiger partial charge in [-0.25, -0.2) is 14.0 Å². The van der Waals surface area contributed by atoms with Gasteiger partial charge in [0.1, 0.15) is 12.4 Å². The second kappa shape index (κ2) is 7.85.